The van der Waals surface area contributed by atoms with Gasteiger partial charge < -0.3 is 4.98 Å². The van der Waals surface area contributed by atoms with Crippen molar-refractivity contribution in [1.82, 2.24) is 25.1 Å². The highest BCUT2D eigenvalue weighted by atomic mass is 32.1. The zero-order valence-corrected chi connectivity index (χ0v) is 20.1. The number of aromatic amines is 2. The van der Waals surface area contributed by atoms with Crippen LogP contribution in [0.15, 0.2) is 77.8 Å². The van der Waals surface area contributed by atoms with Gasteiger partial charge >= 0.3 is 0 Å². The Labute approximate surface area is 207 Å². The fraction of sp³-hybridized carbons (Fsp3) is 0.172. The summed E-state index contributed by atoms with van der Waals surface area (Å²) in [5, 5.41) is 14.6. The molecule has 0 spiro atoms. The molecule has 5 heterocycles. The highest BCUT2D eigenvalue weighted by Crippen LogP contribution is 2.35. The Balaban J connectivity index is 1.28. The minimum atomic E-state index is 0.940. The van der Waals surface area contributed by atoms with Gasteiger partial charge in [-0.3, -0.25) is 15.0 Å². The Kier molecular flexibility index (Phi) is 5.00. The summed E-state index contributed by atoms with van der Waals surface area (Å²) in [6, 6.07) is 19.6. The zero-order chi connectivity index (χ0) is 23.2. The predicted molar refractivity (Wildman–Crippen MR) is 144 cm³/mol. The molecule has 0 bridgehead atoms. The van der Waals surface area contributed by atoms with Crippen molar-refractivity contribution in [2.45, 2.75) is 19.4 Å². The number of pyridine rings is 1. The SMILES string of the molecule is c1cc(-c2ccsc2)c2cc(-c3n[nH]c4ccc(-c5cncc(CN6CCCC6)c5)cc34)[nH]c2c1. The first-order valence-electron chi connectivity index (χ1n) is 12.1. The van der Waals surface area contributed by atoms with Crippen molar-refractivity contribution < 1.29 is 0 Å². The minimum Gasteiger partial charge on any atom is -0.353 e. The lowest BCUT2D eigenvalue weighted by Crippen LogP contribution is -2.18. The Morgan fingerprint density at radius 2 is 1.80 bits per heavy atom. The molecule has 6 aromatic rings. The van der Waals surface area contributed by atoms with E-state index in [1.54, 1.807) is 11.3 Å². The van der Waals surface area contributed by atoms with Crippen LogP contribution in [0.1, 0.15) is 18.4 Å². The summed E-state index contributed by atoms with van der Waals surface area (Å²) in [6.07, 6.45) is 6.56. The molecule has 0 unspecified atom stereocenters. The van der Waals surface area contributed by atoms with Crippen LogP contribution in [0.4, 0.5) is 0 Å². The van der Waals surface area contributed by atoms with Gasteiger partial charge in [0.05, 0.1) is 11.2 Å². The monoisotopic (exact) mass is 475 g/mol. The molecule has 2 aromatic carbocycles. The van der Waals surface area contributed by atoms with Crippen LogP contribution in [0.2, 0.25) is 0 Å². The van der Waals surface area contributed by atoms with Crippen LogP contribution in [-0.2, 0) is 6.54 Å². The molecule has 35 heavy (non-hydrogen) atoms. The largest absolute Gasteiger partial charge is 0.353 e. The molecule has 1 fully saturated rings. The van der Waals surface area contributed by atoms with E-state index >= 15 is 0 Å². The number of thiophene rings is 1. The van der Waals surface area contributed by atoms with Gasteiger partial charge in [-0.05, 0) is 95.3 Å². The first-order valence-corrected chi connectivity index (χ1v) is 13.1. The number of aromatic nitrogens is 4. The predicted octanol–water partition coefficient (Wildman–Crippen LogP) is 7.10. The van der Waals surface area contributed by atoms with E-state index in [0.717, 1.165) is 45.5 Å². The average molecular weight is 476 g/mol. The molecule has 2 N–H and O–H groups in total. The van der Waals surface area contributed by atoms with Crippen molar-refractivity contribution in [1.29, 1.82) is 0 Å². The first kappa shape index (κ1) is 20.6. The first-order chi connectivity index (χ1) is 17.3. The van der Waals surface area contributed by atoms with E-state index in [1.807, 2.05) is 12.4 Å². The summed E-state index contributed by atoms with van der Waals surface area (Å²) < 4.78 is 0. The maximum Gasteiger partial charge on any atom is 0.116 e. The van der Waals surface area contributed by atoms with Crippen molar-refractivity contribution in [2.75, 3.05) is 13.1 Å². The van der Waals surface area contributed by atoms with Crippen molar-refractivity contribution in [3.05, 3.63) is 83.3 Å². The maximum atomic E-state index is 4.70. The third-order valence-electron chi connectivity index (χ3n) is 7.05. The van der Waals surface area contributed by atoms with E-state index in [2.05, 4.69) is 85.3 Å². The molecule has 0 atom stereocenters. The normalized spacial score (nSPS) is 14.4. The van der Waals surface area contributed by atoms with Crippen LogP contribution in [0, 0.1) is 0 Å². The highest BCUT2D eigenvalue weighted by molar-refractivity contribution is 7.08. The summed E-state index contributed by atoms with van der Waals surface area (Å²) in [7, 11) is 0. The molecule has 0 radical (unpaired) electrons. The molecule has 7 rings (SSSR count). The van der Waals surface area contributed by atoms with Gasteiger partial charge in [-0.1, -0.05) is 18.2 Å². The van der Waals surface area contributed by atoms with Crippen molar-refractivity contribution in [3.63, 3.8) is 0 Å². The van der Waals surface area contributed by atoms with Crippen LogP contribution in [0.25, 0.3) is 55.4 Å². The third-order valence-corrected chi connectivity index (χ3v) is 7.73. The molecule has 1 aliphatic rings. The topological polar surface area (TPSA) is 60.6 Å². The Bertz CT molecular complexity index is 1640. The van der Waals surface area contributed by atoms with E-state index in [-0.39, 0.29) is 0 Å². The standard InChI is InChI=1S/C29H25N5S/c1-2-10-34(9-1)17-19-12-22(16-30-15-19)20-6-7-27-25(13-20)29(33-32-27)28-14-24-23(21-8-11-35-18-21)4-3-5-26(24)31-28/h3-8,11-16,18,31H,1-2,9-10,17H2,(H,32,33). The molecule has 0 amide bonds. The van der Waals surface area contributed by atoms with Crippen LogP contribution in [-0.4, -0.2) is 38.2 Å². The number of fused-ring (bicyclic) bond motifs is 2. The summed E-state index contributed by atoms with van der Waals surface area (Å²) in [5.74, 6) is 0. The number of nitrogens with zero attached hydrogens (tertiary/aromatic N) is 3. The fourth-order valence-corrected chi connectivity index (χ4v) is 5.94. The molecule has 1 aliphatic heterocycles. The summed E-state index contributed by atoms with van der Waals surface area (Å²) in [5.41, 5.74) is 10.2. The number of benzene rings is 2. The Morgan fingerprint density at radius 3 is 2.69 bits per heavy atom. The van der Waals surface area contributed by atoms with E-state index in [1.165, 1.54) is 48.0 Å². The fourth-order valence-electron chi connectivity index (χ4n) is 5.28. The number of hydrogen-bond acceptors (Lipinski definition) is 4. The second-order valence-corrected chi connectivity index (χ2v) is 10.1. The second kappa shape index (κ2) is 8.48. The number of hydrogen-bond donors (Lipinski definition) is 2. The Morgan fingerprint density at radius 1 is 0.857 bits per heavy atom. The molecule has 172 valence electrons. The molecule has 0 saturated carbocycles. The Hall–Kier alpha value is -3.74. The second-order valence-electron chi connectivity index (χ2n) is 9.36. The third kappa shape index (κ3) is 3.75. The number of likely N-dealkylation sites (tertiary alicyclic amines) is 1. The summed E-state index contributed by atoms with van der Waals surface area (Å²) >= 11 is 1.72. The molecule has 5 nitrogen and oxygen atoms in total. The van der Waals surface area contributed by atoms with Gasteiger partial charge in [0.25, 0.3) is 0 Å². The highest BCUT2D eigenvalue weighted by Gasteiger charge is 2.15. The van der Waals surface area contributed by atoms with Gasteiger partial charge in [-0.15, -0.1) is 0 Å². The lowest BCUT2D eigenvalue weighted by molar-refractivity contribution is 0.331. The van der Waals surface area contributed by atoms with Gasteiger partial charge in [0.2, 0.25) is 0 Å². The van der Waals surface area contributed by atoms with Gasteiger partial charge in [-0.2, -0.15) is 16.4 Å². The minimum absolute atomic E-state index is 0.940. The van der Waals surface area contributed by atoms with Crippen molar-refractivity contribution >= 4 is 33.1 Å². The molecular formula is C29H25N5S. The smallest absolute Gasteiger partial charge is 0.116 e. The van der Waals surface area contributed by atoms with Crippen molar-refractivity contribution in [2.24, 2.45) is 0 Å². The summed E-state index contributed by atoms with van der Waals surface area (Å²) in [6.45, 7) is 3.35. The van der Waals surface area contributed by atoms with E-state index in [4.69, 9.17) is 5.10 Å². The quantitative estimate of drug-likeness (QED) is 0.280. The molecule has 4 aromatic heterocycles. The van der Waals surface area contributed by atoms with E-state index < -0.39 is 0 Å². The van der Waals surface area contributed by atoms with Gasteiger partial charge in [0, 0.05) is 40.8 Å². The maximum absolute atomic E-state index is 4.70. The molecule has 6 heteroatoms. The van der Waals surface area contributed by atoms with Gasteiger partial charge in [-0.25, -0.2) is 0 Å². The number of nitrogens with one attached hydrogen (secondary N) is 2. The van der Waals surface area contributed by atoms with Crippen LogP contribution < -0.4 is 0 Å². The van der Waals surface area contributed by atoms with E-state index in [9.17, 15) is 0 Å². The van der Waals surface area contributed by atoms with Crippen LogP contribution in [0.5, 0.6) is 0 Å². The molecular weight excluding hydrogens is 450 g/mol. The van der Waals surface area contributed by atoms with Gasteiger partial charge in [0.1, 0.15) is 5.69 Å². The molecule has 0 aliphatic carbocycles. The summed E-state index contributed by atoms with van der Waals surface area (Å²) in [4.78, 5) is 10.7. The average Bonchev–Trinajstić information content (AvgIpc) is 3.70. The van der Waals surface area contributed by atoms with E-state index in [0.29, 0.717) is 0 Å². The van der Waals surface area contributed by atoms with Gasteiger partial charge in [0.15, 0.2) is 0 Å². The molecule has 1 saturated heterocycles. The lowest BCUT2D eigenvalue weighted by Gasteiger charge is -2.14. The number of rotatable bonds is 5. The lowest BCUT2D eigenvalue weighted by atomic mass is 10.0. The van der Waals surface area contributed by atoms with Crippen molar-refractivity contribution in [3.8, 4) is 33.6 Å². The zero-order valence-electron chi connectivity index (χ0n) is 19.3. The number of H-pyrrole nitrogens is 2. The van der Waals surface area contributed by atoms with Crippen LogP contribution >= 0.6 is 11.3 Å². The van der Waals surface area contributed by atoms with Crippen LogP contribution in [0.3, 0.4) is 0 Å².